The minimum atomic E-state index is -0.0915. The zero-order valence-corrected chi connectivity index (χ0v) is 14.7. The zero-order chi connectivity index (χ0) is 17.6. The Morgan fingerprint density at radius 3 is 2.16 bits per heavy atom. The predicted molar refractivity (Wildman–Crippen MR) is 99.1 cm³/mol. The van der Waals surface area contributed by atoms with E-state index in [1.165, 1.54) is 0 Å². The third kappa shape index (κ3) is 4.27. The second kappa shape index (κ2) is 8.28. The monoisotopic (exact) mass is 338 g/mol. The van der Waals surface area contributed by atoms with Crippen LogP contribution in [0.25, 0.3) is 0 Å². The lowest BCUT2D eigenvalue weighted by atomic mass is 9.97. The van der Waals surface area contributed by atoms with E-state index in [-0.39, 0.29) is 18.6 Å². The van der Waals surface area contributed by atoms with Crippen LogP contribution < -0.4 is 0 Å². The van der Waals surface area contributed by atoms with Crippen molar-refractivity contribution >= 4 is 5.91 Å². The van der Waals surface area contributed by atoms with Gasteiger partial charge in [-0.1, -0.05) is 60.7 Å². The maximum absolute atomic E-state index is 12.9. The summed E-state index contributed by atoms with van der Waals surface area (Å²) in [6.45, 7) is 2.30. The van der Waals surface area contributed by atoms with Gasteiger partial charge in [0.2, 0.25) is 5.91 Å². The second-order valence-electron chi connectivity index (χ2n) is 6.80. The summed E-state index contributed by atoms with van der Waals surface area (Å²) in [5.74, 6) is 0.411. The summed E-state index contributed by atoms with van der Waals surface area (Å²) in [5.41, 5.74) is 2.22. The van der Waals surface area contributed by atoms with Gasteiger partial charge in [0.25, 0.3) is 0 Å². The van der Waals surface area contributed by atoms with Crippen molar-refractivity contribution in [1.82, 2.24) is 9.80 Å². The van der Waals surface area contributed by atoms with Crippen LogP contribution in [-0.4, -0.2) is 54.1 Å². The number of likely N-dealkylation sites (tertiary alicyclic amines) is 1. The first-order chi connectivity index (χ1) is 12.2. The predicted octanol–water partition coefficient (Wildman–Crippen LogP) is 2.55. The van der Waals surface area contributed by atoms with E-state index in [1.807, 2.05) is 48.3 Å². The van der Waals surface area contributed by atoms with Crippen molar-refractivity contribution in [3.8, 4) is 0 Å². The van der Waals surface area contributed by atoms with Gasteiger partial charge in [0.05, 0.1) is 12.6 Å². The quantitative estimate of drug-likeness (QED) is 0.880. The third-order valence-corrected chi connectivity index (χ3v) is 5.00. The minimum absolute atomic E-state index is 0.0915. The number of carbonyl (C=O) groups excluding carboxylic acids is 1. The molecule has 0 spiro atoms. The Morgan fingerprint density at radius 1 is 1.12 bits per heavy atom. The van der Waals surface area contributed by atoms with Gasteiger partial charge < -0.3 is 10.0 Å². The molecule has 0 saturated carbocycles. The van der Waals surface area contributed by atoms with Gasteiger partial charge >= 0.3 is 0 Å². The Morgan fingerprint density at radius 2 is 1.68 bits per heavy atom. The van der Waals surface area contributed by atoms with Crippen LogP contribution in [0.5, 0.6) is 0 Å². The van der Waals surface area contributed by atoms with E-state index in [2.05, 4.69) is 29.2 Å². The highest BCUT2D eigenvalue weighted by molar-refractivity contribution is 5.79. The van der Waals surface area contributed by atoms with Crippen molar-refractivity contribution in [3.05, 3.63) is 71.8 Å². The summed E-state index contributed by atoms with van der Waals surface area (Å²) >= 11 is 0. The van der Waals surface area contributed by atoms with E-state index in [0.29, 0.717) is 12.5 Å². The molecule has 2 aromatic carbocycles. The molecule has 4 heteroatoms. The lowest BCUT2D eigenvalue weighted by Crippen LogP contribution is -2.39. The second-order valence-corrected chi connectivity index (χ2v) is 6.80. The number of carbonyl (C=O) groups is 1. The fourth-order valence-corrected chi connectivity index (χ4v) is 3.56. The van der Waals surface area contributed by atoms with Crippen LogP contribution >= 0.6 is 0 Å². The van der Waals surface area contributed by atoms with Gasteiger partial charge in [-0.15, -0.1) is 0 Å². The van der Waals surface area contributed by atoms with Gasteiger partial charge in [-0.05, 0) is 30.0 Å². The smallest absolute Gasteiger partial charge is 0.237 e. The lowest BCUT2D eigenvalue weighted by molar-refractivity contribution is -0.132. The molecule has 1 atom stereocenters. The summed E-state index contributed by atoms with van der Waals surface area (Å²) in [6.07, 6.45) is 0.967. The van der Waals surface area contributed by atoms with Crippen LogP contribution in [0, 0.1) is 5.92 Å². The van der Waals surface area contributed by atoms with Gasteiger partial charge in [0.1, 0.15) is 0 Å². The number of amides is 1. The maximum Gasteiger partial charge on any atom is 0.237 e. The molecule has 4 nitrogen and oxygen atoms in total. The van der Waals surface area contributed by atoms with Crippen LogP contribution in [-0.2, 0) is 4.79 Å². The molecule has 1 saturated heterocycles. The molecular weight excluding hydrogens is 312 g/mol. The van der Waals surface area contributed by atoms with Crippen molar-refractivity contribution in [1.29, 1.82) is 0 Å². The molecule has 1 unspecified atom stereocenters. The Labute approximate surface area is 149 Å². The number of nitrogens with zero attached hydrogens (tertiary/aromatic N) is 2. The number of aliphatic hydroxyl groups is 1. The Balaban J connectivity index is 1.77. The first kappa shape index (κ1) is 17.6. The molecule has 1 aliphatic rings. The van der Waals surface area contributed by atoms with Crippen LogP contribution in [0.15, 0.2) is 60.7 Å². The fraction of sp³-hybridized carbons (Fsp3) is 0.381. The van der Waals surface area contributed by atoms with Crippen LogP contribution in [0.4, 0.5) is 0 Å². The normalized spacial score (nSPS) is 17.8. The van der Waals surface area contributed by atoms with Gasteiger partial charge in [-0.3, -0.25) is 9.69 Å². The first-order valence-electron chi connectivity index (χ1n) is 8.88. The lowest BCUT2D eigenvalue weighted by Gasteiger charge is -2.30. The molecule has 25 heavy (non-hydrogen) atoms. The standard InChI is InChI=1S/C21H26N2O2/c1-22(20(25)15-23-13-12-17(14-23)16-24)21(18-8-4-2-5-9-18)19-10-6-3-7-11-19/h2-11,17,21,24H,12-16H2,1H3. The van der Waals surface area contributed by atoms with Gasteiger partial charge in [0, 0.05) is 20.2 Å². The van der Waals surface area contributed by atoms with E-state index in [1.54, 1.807) is 0 Å². The SMILES string of the molecule is CN(C(=O)CN1CCC(CO)C1)C(c1ccccc1)c1ccccc1. The summed E-state index contributed by atoms with van der Waals surface area (Å²) in [5, 5.41) is 9.29. The van der Waals surface area contributed by atoms with Gasteiger partial charge in [-0.2, -0.15) is 0 Å². The molecule has 3 rings (SSSR count). The van der Waals surface area contributed by atoms with E-state index in [4.69, 9.17) is 0 Å². The molecule has 2 aromatic rings. The molecule has 1 heterocycles. The molecule has 1 aliphatic heterocycles. The van der Waals surface area contributed by atoms with E-state index < -0.39 is 0 Å². The third-order valence-electron chi connectivity index (χ3n) is 5.00. The summed E-state index contributed by atoms with van der Waals surface area (Å²) in [7, 11) is 1.88. The average molecular weight is 338 g/mol. The van der Waals surface area contributed by atoms with Crippen molar-refractivity contribution < 1.29 is 9.90 Å². The van der Waals surface area contributed by atoms with Crippen LogP contribution in [0.1, 0.15) is 23.6 Å². The average Bonchev–Trinajstić information content (AvgIpc) is 3.11. The number of aliphatic hydroxyl groups excluding tert-OH is 1. The Bertz CT molecular complexity index is 635. The van der Waals surface area contributed by atoms with E-state index in [0.717, 1.165) is 30.6 Å². The van der Waals surface area contributed by atoms with Crippen molar-refractivity contribution in [2.75, 3.05) is 33.3 Å². The minimum Gasteiger partial charge on any atom is -0.396 e. The van der Waals surface area contributed by atoms with Gasteiger partial charge in [0.15, 0.2) is 0 Å². The number of benzene rings is 2. The highest BCUT2D eigenvalue weighted by Crippen LogP contribution is 2.28. The first-order valence-corrected chi connectivity index (χ1v) is 8.88. The summed E-state index contributed by atoms with van der Waals surface area (Å²) in [4.78, 5) is 16.9. The Hall–Kier alpha value is -2.17. The highest BCUT2D eigenvalue weighted by atomic mass is 16.3. The van der Waals surface area contributed by atoms with Crippen molar-refractivity contribution in [2.24, 2.45) is 5.92 Å². The van der Waals surface area contributed by atoms with E-state index in [9.17, 15) is 9.90 Å². The Kier molecular flexibility index (Phi) is 5.84. The molecule has 0 bridgehead atoms. The molecule has 0 radical (unpaired) electrons. The molecule has 1 N–H and O–H groups in total. The van der Waals surface area contributed by atoms with Crippen molar-refractivity contribution in [2.45, 2.75) is 12.5 Å². The molecule has 132 valence electrons. The largest absolute Gasteiger partial charge is 0.396 e. The number of likely N-dealkylation sites (N-methyl/N-ethyl adjacent to an activating group) is 1. The molecule has 0 aromatic heterocycles. The fourth-order valence-electron chi connectivity index (χ4n) is 3.56. The number of rotatable bonds is 6. The highest BCUT2D eigenvalue weighted by Gasteiger charge is 2.28. The summed E-state index contributed by atoms with van der Waals surface area (Å²) in [6, 6.07) is 20.2. The molecular formula is C21H26N2O2. The maximum atomic E-state index is 12.9. The molecule has 1 amide bonds. The zero-order valence-electron chi connectivity index (χ0n) is 14.7. The molecule has 0 aliphatic carbocycles. The van der Waals surface area contributed by atoms with Crippen LogP contribution in [0.2, 0.25) is 0 Å². The number of hydrogen-bond donors (Lipinski definition) is 1. The van der Waals surface area contributed by atoms with Crippen molar-refractivity contribution in [3.63, 3.8) is 0 Å². The van der Waals surface area contributed by atoms with Gasteiger partial charge in [-0.25, -0.2) is 0 Å². The van der Waals surface area contributed by atoms with Crippen LogP contribution in [0.3, 0.4) is 0 Å². The number of hydrogen-bond acceptors (Lipinski definition) is 3. The molecule has 1 fully saturated rings. The topological polar surface area (TPSA) is 43.8 Å². The van der Waals surface area contributed by atoms with E-state index >= 15 is 0 Å². The summed E-state index contributed by atoms with van der Waals surface area (Å²) < 4.78 is 0.